The first kappa shape index (κ1) is 11.7. The molecule has 0 bridgehead atoms. The number of fused-ring (bicyclic) bond motifs is 1. The van der Waals surface area contributed by atoms with Gasteiger partial charge in [0.2, 0.25) is 0 Å². The van der Waals surface area contributed by atoms with Crippen LogP contribution in [0.4, 0.5) is 5.69 Å². The van der Waals surface area contributed by atoms with Gasteiger partial charge in [0.1, 0.15) is 0 Å². The summed E-state index contributed by atoms with van der Waals surface area (Å²) in [5.74, 6) is -0.222. The molecular weight excluding hydrogens is 244 g/mol. The molecule has 0 radical (unpaired) electrons. The Morgan fingerprint density at radius 2 is 2.00 bits per heavy atom. The first-order valence-corrected chi connectivity index (χ1v) is 6.13. The van der Waals surface area contributed by atoms with Gasteiger partial charge in [0.05, 0.1) is 17.2 Å². The molecule has 6 heteroatoms. The van der Waals surface area contributed by atoms with Crippen molar-refractivity contribution in [3.63, 3.8) is 0 Å². The summed E-state index contributed by atoms with van der Waals surface area (Å²) in [6, 6.07) is 5.31. The number of hydrogen-bond acceptors (Lipinski definition) is 3. The Morgan fingerprint density at radius 1 is 1.32 bits per heavy atom. The van der Waals surface area contributed by atoms with E-state index in [4.69, 9.17) is 5.73 Å². The first-order chi connectivity index (χ1) is 9.06. The maximum absolute atomic E-state index is 11.8. The average molecular weight is 258 g/mol. The van der Waals surface area contributed by atoms with Crippen LogP contribution >= 0.6 is 0 Å². The number of carbonyl (C=O) groups excluding carboxylic acids is 2. The van der Waals surface area contributed by atoms with Crippen LogP contribution in [0, 0.1) is 0 Å². The van der Waals surface area contributed by atoms with E-state index >= 15 is 0 Å². The molecule has 6 nitrogen and oxygen atoms in total. The SMILES string of the molecule is CN1C(=O)c2ccc(NC(N)=NC3CC3)cc2C1=O. The molecule has 0 atom stereocenters. The number of rotatable bonds is 2. The van der Waals surface area contributed by atoms with Crippen LogP contribution in [-0.4, -0.2) is 35.8 Å². The van der Waals surface area contributed by atoms with Crippen LogP contribution in [0.3, 0.4) is 0 Å². The zero-order valence-electron chi connectivity index (χ0n) is 10.5. The molecule has 1 aromatic carbocycles. The summed E-state index contributed by atoms with van der Waals surface area (Å²) >= 11 is 0. The lowest BCUT2D eigenvalue weighted by atomic mass is 10.1. The van der Waals surface area contributed by atoms with Gasteiger partial charge in [-0.3, -0.25) is 14.5 Å². The highest BCUT2D eigenvalue weighted by molar-refractivity contribution is 6.21. The molecule has 1 aliphatic carbocycles. The Hall–Kier alpha value is -2.37. The number of nitrogens with one attached hydrogen (secondary N) is 1. The highest BCUT2D eigenvalue weighted by Gasteiger charge is 2.32. The lowest BCUT2D eigenvalue weighted by molar-refractivity contribution is 0.0693. The molecule has 1 saturated carbocycles. The van der Waals surface area contributed by atoms with Gasteiger partial charge in [-0.25, -0.2) is 4.99 Å². The lowest BCUT2D eigenvalue weighted by Gasteiger charge is -2.06. The second-order valence-electron chi connectivity index (χ2n) is 4.80. The largest absolute Gasteiger partial charge is 0.370 e. The van der Waals surface area contributed by atoms with Gasteiger partial charge < -0.3 is 11.1 Å². The number of nitrogens with two attached hydrogens (primary N) is 1. The fraction of sp³-hybridized carbons (Fsp3) is 0.308. The van der Waals surface area contributed by atoms with Crippen molar-refractivity contribution in [3.05, 3.63) is 29.3 Å². The Bertz CT molecular complexity index is 605. The summed E-state index contributed by atoms with van der Waals surface area (Å²) in [7, 11) is 1.47. The molecule has 1 heterocycles. The predicted octanol–water partition coefficient (Wildman–Crippen LogP) is 0.801. The van der Waals surface area contributed by atoms with Crippen molar-refractivity contribution >= 4 is 23.5 Å². The minimum absolute atomic E-state index is 0.272. The van der Waals surface area contributed by atoms with E-state index < -0.39 is 0 Å². The van der Waals surface area contributed by atoms with Gasteiger partial charge in [0.15, 0.2) is 5.96 Å². The number of imide groups is 1. The lowest BCUT2D eigenvalue weighted by Crippen LogP contribution is -2.24. The van der Waals surface area contributed by atoms with Crippen molar-refractivity contribution in [2.75, 3.05) is 12.4 Å². The maximum atomic E-state index is 11.8. The molecule has 3 rings (SSSR count). The van der Waals surface area contributed by atoms with Crippen molar-refractivity contribution in [3.8, 4) is 0 Å². The van der Waals surface area contributed by atoms with Gasteiger partial charge >= 0.3 is 0 Å². The standard InChI is InChI=1S/C13H14N4O2/c1-17-11(18)9-5-4-8(6-10(9)12(17)19)16-13(14)15-7-2-3-7/h4-7H,2-3H2,1H3,(H3,14,15,16). The summed E-state index contributed by atoms with van der Waals surface area (Å²) in [6.07, 6.45) is 2.15. The molecule has 98 valence electrons. The van der Waals surface area contributed by atoms with E-state index in [1.165, 1.54) is 7.05 Å². The van der Waals surface area contributed by atoms with E-state index in [0.717, 1.165) is 17.7 Å². The molecule has 0 aromatic heterocycles. The van der Waals surface area contributed by atoms with Gasteiger partial charge in [-0.1, -0.05) is 0 Å². The van der Waals surface area contributed by atoms with Crippen molar-refractivity contribution in [1.29, 1.82) is 0 Å². The number of benzene rings is 1. The van der Waals surface area contributed by atoms with Gasteiger partial charge in [0.25, 0.3) is 11.8 Å². The van der Waals surface area contributed by atoms with Crippen LogP contribution in [0.25, 0.3) is 0 Å². The summed E-state index contributed by atoms with van der Waals surface area (Å²) in [5, 5.41) is 2.94. The van der Waals surface area contributed by atoms with E-state index in [1.807, 2.05) is 0 Å². The van der Waals surface area contributed by atoms with E-state index in [9.17, 15) is 9.59 Å². The van der Waals surface area contributed by atoms with Crippen LogP contribution in [0.5, 0.6) is 0 Å². The minimum atomic E-state index is -0.290. The summed E-state index contributed by atoms with van der Waals surface area (Å²) in [4.78, 5) is 28.9. The topological polar surface area (TPSA) is 87.8 Å². The molecule has 0 spiro atoms. The Morgan fingerprint density at radius 3 is 2.68 bits per heavy atom. The van der Waals surface area contributed by atoms with E-state index in [-0.39, 0.29) is 11.8 Å². The third kappa shape index (κ3) is 2.05. The maximum Gasteiger partial charge on any atom is 0.261 e. The number of nitrogens with zero attached hydrogens (tertiary/aromatic N) is 2. The minimum Gasteiger partial charge on any atom is -0.370 e. The van der Waals surface area contributed by atoms with Crippen LogP contribution in [-0.2, 0) is 0 Å². The van der Waals surface area contributed by atoms with Crippen molar-refractivity contribution in [2.45, 2.75) is 18.9 Å². The summed E-state index contributed by atoms with van der Waals surface area (Å²) in [5.41, 5.74) is 7.25. The molecule has 0 saturated heterocycles. The normalized spacial score (nSPS) is 18.8. The second kappa shape index (κ2) is 4.08. The van der Waals surface area contributed by atoms with Gasteiger partial charge in [-0.2, -0.15) is 0 Å². The number of anilines is 1. The van der Waals surface area contributed by atoms with Crippen LogP contribution < -0.4 is 11.1 Å². The number of guanidine groups is 1. The number of carbonyl (C=O) groups is 2. The highest BCUT2D eigenvalue weighted by Crippen LogP contribution is 2.25. The third-order valence-corrected chi connectivity index (χ3v) is 3.23. The Balaban J connectivity index is 1.86. The highest BCUT2D eigenvalue weighted by atomic mass is 16.2. The predicted molar refractivity (Wildman–Crippen MR) is 71.1 cm³/mol. The number of amides is 2. The summed E-state index contributed by atoms with van der Waals surface area (Å²) in [6.45, 7) is 0. The zero-order valence-corrected chi connectivity index (χ0v) is 10.5. The van der Waals surface area contributed by atoms with Crippen LogP contribution in [0.2, 0.25) is 0 Å². The van der Waals surface area contributed by atoms with E-state index in [1.54, 1.807) is 18.2 Å². The molecule has 1 fully saturated rings. The monoisotopic (exact) mass is 258 g/mol. The molecule has 1 aromatic rings. The molecule has 2 amide bonds. The third-order valence-electron chi connectivity index (χ3n) is 3.23. The Kier molecular flexibility index (Phi) is 2.51. The van der Waals surface area contributed by atoms with Gasteiger partial charge in [-0.05, 0) is 31.0 Å². The fourth-order valence-electron chi connectivity index (χ4n) is 2.02. The summed E-state index contributed by atoms with van der Waals surface area (Å²) < 4.78 is 0. The smallest absolute Gasteiger partial charge is 0.261 e. The molecule has 2 aliphatic rings. The molecule has 19 heavy (non-hydrogen) atoms. The average Bonchev–Trinajstić information content (AvgIpc) is 3.16. The molecule has 0 unspecified atom stereocenters. The number of hydrogen-bond donors (Lipinski definition) is 2. The van der Waals surface area contributed by atoms with Gasteiger partial charge in [-0.15, -0.1) is 0 Å². The molecule has 3 N–H and O–H groups in total. The van der Waals surface area contributed by atoms with Crippen LogP contribution in [0.15, 0.2) is 23.2 Å². The zero-order chi connectivity index (χ0) is 13.6. The van der Waals surface area contributed by atoms with Crippen molar-refractivity contribution in [1.82, 2.24) is 4.90 Å². The quantitative estimate of drug-likeness (QED) is 0.466. The van der Waals surface area contributed by atoms with E-state index in [2.05, 4.69) is 10.3 Å². The number of aliphatic imine (C=N–C) groups is 1. The Labute approximate surface area is 110 Å². The second-order valence-corrected chi connectivity index (χ2v) is 4.80. The van der Waals surface area contributed by atoms with Gasteiger partial charge in [0, 0.05) is 12.7 Å². The molecule has 1 aliphatic heterocycles. The fourth-order valence-corrected chi connectivity index (χ4v) is 2.02. The molecular formula is C13H14N4O2. The van der Waals surface area contributed by atoms with E-state index in [0.29, 0.717) is 28.8 Å². The first-order valence-electron chi connectivity index (χ1n) is 6.13. The van der Waals surface area contributed by atoms with Crippen LogP contribution in [0.1, 0.15) is 33.6 Å². The van der Waals surface area contributed by atoms with Crippen molar-refractivity contribution in [2.24, 2.45) is 10.7 Å². The van der Waals surface area contributed by atoms with Crippen molar-refractivity contribution < 1.29 is 9.59 Å².